The van der Waals surface area contributed by atoms with Crippen LogP contribution in [0.2, 0.25) is 0 Å². The number of amides is 5. The Morgan fingerprint density at radius 1 is 0.464 bits per heavy atom. The quantitative estimate of drug-likeness (QED) is 0.0855. The van der Waals surface area contributed by atoms with E-state index < -0.39 is 59.5 Å². The first-order chi connectivity index (χ1) is 27.0. The molecule has 5 aromatic rings. The van der Waals surface area contributed by atoms with Crippen LogP contribution in [0.1, 0.15) is 29.2 Å². The standard InChI is InChI=1S/C45H45N5O6/c1-30(47-43(54)38(27-31-14-6-2-7-15-31)48-40(51)29-33-18-10-4-11-19-33)41(52)45(56)50-39(28-32-16-8-3-9-17-32)44(55)49-37(42(46)53)26-34-22-24-36(25-23-34)35-20-12-5-13-21-35/h2-25,30,37-39H,26-29H2,1H3,(H2,46,53)(H,47,54)(H,48,51)(H,49,55)(H,50,56)/t30?,37-,38-,39-/m0/s1. The lowest BCUT2D eigenvalue weighted by Crippen LogP contribution is -2.57. The van der Waals surface area contributed by atoms with Crippen molar-refractivity contribution in [2.45, 2.75) is 56.8 Å². The lowest BCUT2D eigenvalue weighted by Gasteiger charge is -2.23. The summed E-state index contributed by atoms with van der Waals surface area (Å²) in [6, 6.07) is 39.5. The maximum atomic E-state index is 13.7. The zero-order valence-electron chi connectivity index (χ0n) is 31.0. The van der Waals surface area contributed by atoms with Crippen molar-refractivity contribution in [2.75, 3.05) is 0 Å². The second-order valence-corrected chi connectivity index (χ2v) is 13.5. The minimum atomic E-state index is -1.32. The lowest BCUT2D eigenvalue weighted by molar-refractivity contribution is -0.141. The predicted molar refractivity (Wildman–Crippen MR) is 214 cm³/mol. The van der Waals surface area contributed by atoms with Gasteiger partial charge in [-0.3, -0.25) is 28.8 Å². The van der Waals surface area contributed by atoms with E-state index in [0.29, 0.717) is 5.56 Å². The molecule has 286 valence electrons. The summed E-state index contributed by atoms with van der Waals surface area (Å²) in [4.78, 5) is 79.7. The number of hydrogen-bond donors (Lipinski definition) is 5. The van der Waals surface area contributed by atoms with Crippen LogP contribution in [0, 0.1) is 0 Å². The highest BCUT2D eigenvalue weighted by atomic mass is 16.2. The van der Waals surface area contributed by atoms with Gasteiger partial charge in [0.2, 0.25) is 29.4 Å². The largest absolute Gasteiger partial charge is 0.368 e. The molecule has 0 radical (unpaired) electrons. The first-order valence-electron chi connectivity index (χ1n) is 18.4. The Kier molecular flexibility index (Phi) is 14.4. The third-order valence-corrected chi connectivity index (χ3v) is 9.18. The van der Waals surface area contributed by atoms with Crippen molar-refractivity contribution in [1.82, 2.24) is 21.3 Å². The van der Waals surface area contributed by atoms with Gasteiger partial charge in [-0.15, -0.1) is 0 Å². The molecule has 5 rings (SSSR count). The molecule has 11 nitrogen and oxygen atoms in total. The summed E-state index contributed by atoms with van der Waals surface area (Å²) < 4.78 is 0. The first-order valence-corrected chi connectivity index (χ1v) is 18.4. The molecule has 0 saturated carbocycles. The van der Waals surface area contributed by atoms with Gasteiger partial charge in [-0.2, -0.15) is 0 Å². The van der Waals surface area contributed by atoms with Gasteiger partial charge in [-0.05, 0) is 40.3 Å². The van der Waals surface area contributed by atoms with E-state index in [2.05, 4.69) is 21.3 Å². The molecule has 0 aliphatic heterocycles. The number of hydrogen-bond acceptors (Lipinski definition) is 6. The maximum Gasteiger partial charge on any atom is 0.290 e. The Balaban J connectivity index is 1.25. The van der Waals surface area contributed by atoms with E-state index in [1.807, 2.05) is 103 Å². The van der Waals surface area contributed by atoms with Crippen molar-refractivity contribution in [1.29, 1.82) is 0 Å². The van der Waals surface area contributed by atoms with Gasteiger partial charge in [-0.25, -0.2) is 0 Å². The minimum absolute atomic E-state index is 0.00369. The molecule has 0 spiro atoms. The molecular weight excluding hydrogens is 707 g/mol. The zero-order valence-corrected chi connectivity index (χ0v) is 31.0. The van der Waals surface area contributed by atoms with E-state index in [1.54, 1.807) is 42.5 Å². The fraction of sp³-hybridized carbons (Fsp3) is 0.200. The second kappa shape index (κ2) is 20.0. The summed E-state index contributed by atoms with van der Waals surface area (Å²) in [5, 5.41) is 10.5. The number of benzene rings is 5. The summed E-state index contributed by atoms with van der Waals surface area (Å²) in [5.41, 5.74) is 10.7. The molecule has 5 amide bonds. The number of rotatable bonds is 18. The van der Waals surface area contributed by atoms with E-state index in [9.17, 15) is 28.8 Å². The third kappa shape index (κ3) is 12.1. The second-order valence-electron chi connectivity index (χ2n) is 13.5. The van der Waals surface area contributed by atoms with Crippen LogP contribution in [0.3, 0.4) is 0 Å². The highest BCUT2D eigenvalue weighted by Crippen LogP contribution is 2.20. The summed E-state index contributed by atoms with van der Waals surface area (Å²) >= 11 is 0. The average molecular weight is 752 g/mol. The van der Waals surface area contributed by atoms with Gasteiger partial charge in [0.25, 0.3) is 5.91 Å². The fourth-order valence-electron chi connectivity index (χ4n) is 6.14. The summed E-state index contributed by atoms with van der Waals surface area (Å²) in [6.45, 7) is 1.35. The van der Waals surface area contributed by atoms with Crippen molar-refractivity contribution in [3.63, 3.8) is 0 Å². The molecule has 6 N–H and O–H groups in total. The average Bonchev–Trinajstić information content (AvgIpc) is 3.21. The van der Waals surface area contributed by atoms with E-state index in [4.69, 9.17) is 5.73 Å². The van der Waals surface area contributed by atoms with Crippen molar-refractivity contribution < 1.29 is 28.8 Å². The van der Waals surface area contributed by atoms with Crippen molar-refractivity contribution in [2.24, 2.45) is 5.73 Å². The van der Waals surface area contributed by atoms with Crippen molar-refractivity contribution in [3.05, 3.63) is 168 Å². The van der Waals surface area contributed by atoms with Gasteiger partial charge in [0.05, 0.1) is 12.5 Å². The van der Waals surface area contributed by atoms with E-state index in [1.165, 1.54) is 6.92 Å². The van der Waals surface area contributed by atoms with Crippen molar-refractivity contribution >= 4 is 35.3 Å². The fourth-order valence-corrected chi connectivity index (χ4v) is 6.14. The van der Waals surface area contributed by atoms with Crippen LogP contribution in [0.25, 0.3) is 11.1 Å². The van der Waals surface area contributed by atoms with E-state index >= 15 is 0 Å². The van der Waals surface area contributed by atoms with Gasteiger partial charge in [0.1, 0.15) is 18.1 Å². The molecule has 0 fully saturated rings. The molecule has 56 heavy (non-hydrogen) atoms. The Morgan fingerprint density at radius 3 is 1.39 bits per heavy atom. The maximum absolute atomic E-state index is 13.7. The normalized spacial score (nSPS) is 12.9. The van der Waals surface area contributed by atoms with E-state index in [-0.39, 0.29) is 25.7 Å². The molecule has 4 atom stereocenters. The van der Waals surface area contributed by atoms with Gasteiger partial charge < -0.3 is 27.0 Å². The molecule has 0 aliphatic carbocycles. The van der Waals surface area contributed by atoms with Crippen LogP contribution >= 0.6 is 0 Å². The number of ketones is 1. The minimum Gasteiger partial charge on any atom is -0.368 e. The van der Waals surface area contributed by atoms with Gasteiger partial charge in [0.15, 0.2) is 0 Å². The highest BCUT2D eigenvalue weighted by Gasteiger charge is 2.32. The highest BCUT2D eigenvalue weighted by molar-refractivity contribution is 6.38. The Hall–Kier alpha value is -6.88. The molecule has 0 bridgehead atoms. The van der Waals surface area contributed by atoms with Crippen LogP contribution in [0.4, 0.5) is 0 Å². The number of nitrogens with one attached hydrogen (secondary N) is 4. The molecule has 0 aromatic heterocycles. The number of primary amides is 1. The Morgan fingerprint density at radius 2 is 0.875 bits per heavy atom. The van der Waals surface area contributed by atoms with Crippen LogP contribution in [0.5, 0.6) is 0 Å². The number of nitrogens with two attached hydrogens (primary N) is 1. The Labute approximate surface area is 326 Å². The molecule has 1 unspecified atom stereocenters. The van der Waals surface area contributed by atoms with Crippen LogP contribution < -0.4 is 27.0 Å². The number of Topliss-reactive ketones (excluding diaryl/α,β-unsaturated/α-hetero) is 1. The third-order valence-electron chi connectivity index (χ3n) is 9.18. The molecule has 11 heteroatoms. The first kappa shape index (κ1) is 40.3. The molecule has 0 heterocycles. The number of carbonyl (C=O) groups excluding carboxylic acids is 6. The smallest absolute Gasteiger partial charge is 0.290 e. The van der Waals surface area contributed by atoms with Crippen LogP contribution in [-0.2, 0) is 54.5 Å². The summed E-state index contributed by atoms with van der Waals surface area (Å²) in [5.74, 6) is -4.68. The lowest BCUT2D eigenvalue weighted by atomic mass is 9.99. The SMILES string of the molecule is CC(NC(=O)[C@H](Cc1ccccc1)NC(=O)Cc1ccccc1)C(=O)C(=O)N[C@@H](Cc1ccccc1)C(=O)N[C@@H](Cc1ccc(-c2ccccc2)cc1)C(N)=O. The Bertz CT molecular complexity index is 2100. The van der Waals surface area contributed by atoms with Crippen molar-refractivity contribution in [3.8, 4) is 11.1 Å². The predicted octanol–water partition coefficient (Wildman–Crippen LogP) is 3.64. The topological polar surface area (TPSA) is 177 Å². The molecular formula is C45H45N5O6. The van der Waals surface area contributed by atoms with E-state index in [0.717, 1.165) is 27.8 Å². The monoisotopic (exact) mass is 751 g/mol. The van der Waals surface area contributed by atoms with Gasteiger partial charge in [-0.1, -0.05) is 146 Å². The molecule has 0 aliphatic rings. The zero-order chi connectivity index (χ0) is 39.9. The summed E-state index contributed by atoms with van der Waals surface area (Å²) in [7, 11) is 0. The van der Waals surface area contributed by atoms with Gasteiger partial charge in [0, 0.05) is 19.3 Å². The van der Waals surface area contributed by atoms with Crippen LogP contribution in [-0.4, -0.2) is 59.5 Å². The summed E-state index contributed by atoms with van der Waals surface area (Å²) in [6.07, 6.45) is 0.266. The molecule has 5 aromatic carbocycles. The van der Waals surface area contributed by atoms with Crippen LogP contribution in [0.15, 0.2) is 146 Å². The molecule has 0 saturated heterocycles. The number of carbonyl (C=O) groups is 6. The van der Waals surface area contributed by atoms with Gasteiger partial charge >= 0.3 is 0 Å².